The van der Waals surface area contributed by atoms with Crippen LogP contribution < -0.4 is 4.74 Å². The van der Waals surface area contributed by atoms with Crippen LogP contribution in [0.15, 0.2) is 60.7 Å². The van der Waals surface area contributed by atoms with E-state index in [-0.39, 0.29) is 0 Å². The lowest BCUT2D eigenvalue weighted by molar-refractivity contribution is -0.158. The molecule has 0 fully saturated rings. The van der Waals surface area contributed by atoms with Gasteiger partial charge in [0.15, 0.2) is 12.2 Å². The Kier molecular flexibility index (Phi) is 5.35. The smallest absolute Gasteiger partial charge is 0.339 e. The Bertz CT molecular complexity index is 554. The molecule has 2 aromatic rings. The Morgan fingerprint density at radius 2 is 1.48 bits per heavy atom. The molecular weight excluding hydrogens is 268 g/mol. The van der Waals surface area contributed by atoms with Gasteiger partial charge in [0.25, 0.3) is 0 Å². The summed E-state index contributed by atoms with van der Waals surface area (Å²) in [5.41, 5.74) is 0.846. The van der Waals surface area contributed by atoms with Crippen LogP contribution in [0.25, 0.3) is 0 Å². The van der Waals surface area contributed by atoms with Crippen molar-refractivity contribution in [3.05, 3.63) is 66.2 Å². The summed E-state index contributed by atoms with van der Waals surface area (Å²) in [6.07, 6.45) is -1.41. The maximum atomic E-state index is 11.9. The van der Waals surface area contributed by atoms with Gasteiger partial charge < -0.3 is 14.2 Å². The first-order chi connectivity index (χ1) is 10.3. The number of hydrogen-bond acceptors (Lipinski definition) is 4. The topological polar surface area (TPSA) is 44.8 Å². The first kappa shape index (κ1) is 15.1. The molecule has 0 spiro atoms. The molecule has 2 rings (SSSR count). The first-order valence-electron chi connectivity index (χ1n) is 6.63. The van der Waals surface area contributed by atoms with Crippen molar-refractivity contribution in [2.45, 2.75) is 12.2 Å². The molecule has 0 amide bonds. The fourth-order valence-corrected chi connectivity index (χ4v) is 2.05. The molecule has 0 aliphatic rings. The summed E-state index contributed by atoms with van der Waals surface area (Å²) < 4.78 is 16.0. The van der Waals surface area contributed by atoms with Gasteiger partial charge in [0.1, 0.15) is 5.75 Å². The van der Waals surface area contributed by atoms with E-state index in [9.17, 15) is 4.79 Å². The molecule has 0 bridgehead atoms. The summed E-state index contributed by atoms with van der Waals surface area (Å²) in [6, 6.07) is 18.8. The molecule has 4 heteroatoms. The van der Waals surface area contributed by atoms with Crippen LogP contribution in [0.3, 0.4) is 0 Å². The third-order valence-corrected chi connectivity index (χ3v) is 3.10. The van der Waals surface area contributed by atoms with E-state index in [1.54, 1.807) is 0 Å². The van der Waals surface area contributed by atoms with E-state index in [1.807, 2.05) is 60.7 Å². The molecule has 2 aromatic carbocycles. The molecule has 21 heavy (non-hydrogen) atoms. The highest BCUT2D eigenvalue weighted by Crippen LogP contribution is 2.26. The fraction of sp³-hybridized carbons (Fsp3) is 0.235. The average Bonchev–Trinajstić information content (AvgIpc) is 2.56. The lowest BCUT2D eigenvalue weighted by atomic mass is 10.0. The molecule has 0 aliphatic heterocycles. The molecule has 0 N–H and O–H groups in total. The second kappa shape index (κ2) is 7.45. The number of rotatable bonds is 6. The van der Waals surface area contributed by atoms with Crippen molar-refractivity contribution < 1.29 is 19.0 Å². The van der Waals surface area contributed by atoms with Crippen molar-refractivity contribution in [1.82, 2.24) is 0 Å². The third-order valence-electron chi connectivity index (χ3n) is 3.10. The van der Waals surface area contributed by atoms with Crippen LogP contribution in [-0.2, 0) is 14.3 Å². The van der Waals surface area contributed by atoms with E-state index in [0.29, 0.717) is 5.75 Å². The van der Waals surface area contributed by atoms with Gasteiger partial charge in [-0.2, -0.15) is 0 Å². The summed E-state index contributed by atoms with van der Waals surface area (Å²) in [7, 11) is 2.80. The van der Waals surface area contributed by atoms with E-state index in [2.05, 4.69) is 0 Å². The van der Waals surface area contributed by atoms with E-state index in [0.717, 1.165) is 5.56 Å². The second-order valence-corrected chi connectivity index (χ2v) is 4.44. The highest BCUT2D eigenvalue weighted by Gasteiger charge is 2.32. The van der Waals surface area contributed by atoms with E-state index in [1.165, 1.54) is 14.2 Å². The maximum Gasteiger partial charge on any atom is 0.339 e. The molecule has 2 atom stereocenters. The summed E-state index contributed by atoms with van der Waals surface area (Å²) in [6.45, 7) is 0. The van der Waals surface area contributed by atoms with Crippen molar-refractivity contribution >= 4 is 5.97 Å². The minimum absolute atomic E-state index is 0.470. The van der Waals surface area contributed by atoms with Crippen LogP contribution in [0.1, 0.15) is 11.7 Å². The lowest BCUT2D eigenvalue weighted by Gasteiger charge is -2.25. The normalized spacial score (nSPS) is 13.2. The fourth-order valence-electron chi connectivity index (χ4n) is 2.05. The van der Waals surface area contributed by atoms with Crippen LogP contribution in [0.5, 0.6) is 5.75 Å². The van der Waals surface area contributed by atoms with E-state index < -0.39 is 18.2 Å². The van der Waals surface area contributed by atoms with Gasteiger partial charge in [-0.25, -0.2) is 4.79 Å². The van der Waals surface area contributed by atoms with E-state index in [4.69, 9.17) is 14.2 Å². The van der Waals surface area contributed by atoms with E-state index >= 15 is 0 Å². The average molecular weight is 286 g/mol. The highest BCUT2D eigenvalue weighted by atomic mass is 16.6. The number of benzene rings is 2. The minimum Gasteiger partial charge on any atom is -0.482 e. The van der Waals surface area contributed by atoms with Gasteiger partial charge >= 0.3 is 5.97 Å². The summed E-state index contributed by atoms with van der Waals surface area (Å²) >= 11 is 0. The Morgan fingerprint density at radius 1 is 0.905 bits per heavy atom. The molecule has 110 valence electrons. The zero-order valence-corrected chi connectivity index (χ0v) is 12.1. The number of methoxy groups -OCH3 is 2. The Labute approximate surface area is 124 Å². The van der Waals surface area contributed by atoms with Crippen LogP contribution in [0, 0.1) is 0 Å². The summed E-state index contributed by atoms with van der Waals surface area (Å²) in [5, 5.41) is 0. The molecule has 0 aromatic heterocycles. The van der Waals surface area contributed by atoms with Crippen LogP contribution in [0.4, 0.5) is 0 Å². The van der Waals surface area contributed by atoms with Crippen LogP contribution in [0.2, 0.25) is 0 Å². The van der Waals surface area contributed by atoms with Crippen molar-refractivity contribution in [3.63, 3.8) is 0 Å². The molecule has 0 radical (unpaired) electrons. The zero-order valence-electron chi connectivity index (χ0n) is 12.1. The van der Waals surface area contributed by atoms with Crippen molar-refractivity contribution in [2.24, 2.45) is 0 Å². The number of ether oxygens (including phenoxy) is 3. The first-order valence-corrected chi connectivity index (χ1v) is 6.63. The lowest BCUT2D eigenvalue weighted by Crippen LogP contribution is -2.34. The van der Waals surface area contributed by atoms with Gasteiger partial charge in [0.05, 0.1) is 7.11 Å². The van der Waals surface area contributed by atoms with Crippen molar-refractivity contribution in [1.29, 1.82) is 0 Å². The second-order valence-electron chi connectivity index (χ2n) is 4.44. The van der Waals surface area contributed by atoms with Crippen LogP contribution >= 0.6 is 0 Å². The zero-order chi connectivity index (χ0) is 15.1. The largest absolute Gasteiger partial charge is 0.482 e. The summed E-state index contributed by atoms with van der Waals surface area (Å²) in [4.78, 5) is 11.9. The third kappa shape index (κ3) is 3.83. The van der Waals surface area contributed by atoms with Crippen molar-refractivity contribution in [2.75, 3.05) is 14.2 Å². The molecule has 0 saturated carbocycles. The van der Waals surface area contributed by atoms with Crippen molar-refractivity contribution in [3.8, 4) is 5.75 Å². The predicted octanol–water partition coefficient (Wildman–Crippen LogP) is 2.99. The van der Waals surface area contributed by atoms with Gasteiger partial charge in [-0.15, -0.1) is 0 Å². The monoisotopic (exact) mass is 286 g/mol. The Hall–Kier alpha value is -2.33. The Balaban J connectivity index is 2.32. The van der Waals surface area contributed by atoms with Gasteiger partial charge in [-0.3, -0.25) is 0 Å². The quantitative estimate of drug-likeness (QED) is 0.766. The number of hydrogen-bond donors (Lipinski definition) is 0. The number of carbonyl (C=O) groups is 1. The number of carbonyl (C=O) groups excluding carboxylic acids is 1. The standard InChI is InChI=1S/C17H18O4/c1-19-16(17(18)20-2)15(13-9-5-3-6-10-13)21-14-11-7-4-8-12-14/h3-12,15-16H,1-2H3/t15-,16-/m0/s1. The van der Waals surface area contributed by atoms with Gasteiger partial charge in [0.2, 0.25) is 0 Å². The Morgan fingerprint density at radius 3 is 2.00 bits per heavy atom. The predicted molar refractivity (Wildman–Crippen MR) is 79.1 cm³/mol. The summed E-state index contributed by atoms with van der Waals surface area (Å²) in [5.74, 6) is 0.194. The maximum absolute atomic E-state index is 11.9. The molecule has 0 aliphatic carbocycles. The molecule has 0 unspecified atom stereocenters. The number of para-hydroxylation sites is 1. The SMILES string of the molecule is COC(=O)[C@@H](OC)[C@@H](Oc1ccccc1)c1ccccc1. The van der Waals surface area contributed by atoms with Gasteiger partial charge in [0, 0.05) is 7.11 Å². The molecule has 4 nitrogen and oxygen atoms in total. The van der Waals surface area contributed by atoms with Gasteiger partial charge in [-0.1, -0.05) is 48.5 Å². The van der Waals surface area contributed by atoms with Crippen LogP contribution in [-0.4, -0.2) is 26.3 Å². The highest BCUT2D eigenvalue weighted by molar-refractivity contribution is 5.75. The molecular formula is C17H18O4. The minimum atomic E-state index is -0.836. The molecule has 0 heterocycles. The van der Waals surface area contributed by atoms with Gasteiger partial charge in [-0.05, 0) is 17.7 Å². The number of esters is 1. The molecule has 0 saturated heterocycles.